The monoisotopic (exact) mass is 182 g/mol. The van der Waals surface area contributed by atoms with Crippen molar-refractivity contribution in [1.82, 2.24) is 0 Å². The smallest absolute Gasteiger partial charge is 0.117 e. The van der Waals surface area contributed by atoms with Crippen LogP contribution in [0.2, 0.25) is 0 Å². The third-order valence-corrected chi connectivity index (χ3v) is 1.33. The zero-order valence-electron chi connectivity index (χ0n) is 7.62. The van der Waals surface area contributed by atoms with Crippen LogP contribution < -0.4 is 0 Å². The molecule has 0 aliphatic carbocycles. The van der Waals surface area contributed by atoms with E-state index in [0.717, 1.165) is 0 Å². The fourth-order valence-corrected chi connectivity index (χ4v) is 0.535. The Bertz CT molecular complexity index is 238. The zero-order valence-corrected chi connectivity index (χ0v) is 7.62. The van der Waals surface area contributed by atoms with Crippen LogP contribution in [0.3, 0.4) is 0 Å². The van der Waals surface area contributed by atoms with Crippen LogP contribution in [0.1, 0.15) is 19.8 Å². The molecule has 0 aliphatic rings. The van der Waals surface area contributed by atoms with Crippen LogP contribution in [0.4, 0.5) is 0 Å². The fraction of sp³-hybridized carbons (Fsp3) is 0.600. The molecular formula is C10H14O3. The summed E-state index contributed by atoms with van der Waals surface area (Å²) < 4.78 is 0. The molecule has 0 radical (unpaired) electrons. The highest BCUT2D eigenvalue weighted by atomic mass is 16.3. The predicted molar refractivity (Wildman–Crippen MR) is 49.6 cm³/mol. The van der Waals surface area contributed by atoms with Gasteiger partial charge >= 0.3 is 0 Å². The van der Waals surface area contributed by atoms with Gasteiger partial charge in [0, 0.05) is 13.0 Å². The van der Waals surface area contributed by atoms with E-state index in [1.165, 1.54) is 0 Å². The number of aliphatic hydroxyl groups excluding tert-OH is 3. The molecule has 0 aromatic carbocycles. The minimum Gasteiger partial charge on any atom is -0.396 e. The number of hydrogen-bond acceptors (Lipinski definition) is 3. The van der Waals surface area contributed by atoms with Gasteiger partial charge < -0.3 is 15.3 Å². The molecule has 2 unspecified atom stereocenters. The van der Waals surface area contributed by atoms with Gasteiger partial charge in [0.2, 0.25) is 0 Å². The number of hydrogen-bond donors (Lipinski definition) is 3. The Morgan fingerprint density at radius 1 is 1.08 bits per heavy atom. The lowest BCUT2D eigenvalue weighted by atomic mass is 10.2. The Kier molecular flexibility index (Phi) is 7.05. The molecule has 13 heavy (non-hydrogen) atoms. The SMILES string of the molecule is CCC(O)C#CC#CC(O)CCO. The van der Waals surface area contributed by atoms with Crippen LogP contribution in [0, 0.1) is 23.7 Å². The van der Waals surface area contributed by atoms with E-state index in [4.69, 9.17) is 15.3 Å². The average molecular weight is 182 g/mol. The summed E-state index contributed by atoms with van der Waals surface area (Å²) in [4.78, 5) is 0. The van der Waals surface area contributed by atoms with Crippen LogP contribution in [0.25, 0.3) is 0 Å². The molecule has 0 saturated carbocycles. The molecule has 3 nitrogen and oxygen atoms in total. The van der Waals surface area contributed by atoms with Crippen LogP contribution >= 0.6 is 0 Å². The molecule has 0 spiro atoms. The Balaban J connectivity index is 3.87. The van der Waals surface area contributed by atoms with Crippen molar-refractivity contribution in [3.8, 4) is 23.7 Å². The first-order valence-corrected chi connectivity index (χ1v) is 4.18. The first kappa shape index (κ1) is 12.0. The van der Waals surface area contributed by atoms with Gasteiger partial charge in [0.05, 0.1) is 0 Å². The van der Waals surface area contributed by atoms with E-state index in [1.807, 2.05) is 6.92 Å². The summed E-state index contributed by atoms with van der Waals surface area (Å²) in [5, 5.41) is 26.4. The first-order chi connectivity index (χ1) is 6.20. The van der Waals surface area contributed by atoms with Crippen LogP contribution in [0.5, 0.6) is 0 Å². The quantitative estimate of drug-likeness (QED) is 0.516. The lowest BCUT2D eigenvalue weighted by Gasteiger charge is -1.95. The maximum absolute atomic E-state index is 9.01. The summed E-state index contributed by atoms with van der Waals surface area (Å²) in [5.41, 5.74) is 0. The highest BCUT2D eigenvalue weighted by Crippen LogP contribution is 1.86. The van der Waals surface area contributed by atoms with Gasteiger partial charge in [-0.1, -0.05) is 18.8 Å². The van der Waals surface area contributed by atoms with E-state index < -0.39 is 12.2 Å². The zero-order chi connectivity index (χ0) is 10.1. The number of aliphatic hydroxyl groups is 3. The van der Waals surface area contributed by atoms with E-state index in [-0.39, 0.29) is 13.0 Å². The summed E-state index contributed by atoms with van der Waals surface area (Å²) >= 11 is 0. The Hall–Kier alpha value is -1.00. The Morgan fingerprint density at radius 3 is 2.08 bits per heavy atom. The maximum Gasteiger partial charge on any atom is 0.117 e. The van der Waals surface area contributed by atoms with Crippen molar-refractivity contribution in [2.75, 3.05) is 6.61 Å². The molecule has 0 aliphatic heterocycles. The van der Waals surface area contributed by atoms with Gasteiger partial charge in [-0.05, 0) is 18.3 Å². The average Bonchev–Trinajstić information content (AvgIpc) is 2.12. The first-order valence-electron chi connectivity index (χ1n) is 4.18. The highest BCUT2D eigenvalue weighted by molar-refractivity contribution is 5.28. The lowest BCUT2D eigenvalue weighted by molar-refractivity contribution is 0.177. The summed E-state index contributed by atoms with van der Waals surface area (Å²) in [7, 11) is 0. The van der Waals surface area contributed by atoms with Crippen molar-refractivity contribution >= 4 is 0 Å². The van der Waals surface area contributed by atoms with Gasteiger partial charge in [-0.2, -0.15) is 0 Å². The molecule has 72 valence electrons. The van der Waals surface area contributed by atoms with Crippen LogP contribution in [-0.4, -0.2) is 34.1 Å². The third-order valence-electron chi connectivity index (χ3n) is 1.33. The highest BCUT2D eigenvalue weighted by Gasteiger charge is 1.94. The molecule has 3 heteroatoms. The van der Waals surface area contributed by atoms with Crippen molar-refractivity contribution in [2.45, 2.75) is 32.0 Å². The Labute approximate surface area is 78.4 Å². The van der Waals surface area contributed by atoms with Crippen molar-refractivity contribution in [1.29, 1.82) is 0 Å². The molecule has 0 aromatic heterocycles. The lowest BCUT2D eigenvalue weighted by Crippen LogP contribution is -2.04. The van der Waals surface area contributed by atoms with Crippen molar-refractivity contribution in [3.63, 3.8) is 0 Å². The molecule has 3 N–H and O–H groups in total. The molecule has 0 aromatic rings. The van der Waals surface area contributed by atoms with Crippen molar-refractivity contribution < 1.29 is 15.3 Å². The second-order valence-electron chi connectivity index (χ2n) is 2.49. The van der Waals surface area contributed by atoms with Gasteiger partial charge in [-0.25, -0.2) is 0 Å². The third kappa shape index (κ3) is 7.36. The second kappa shape index (κ2) is 7.64. The minimum absolute atomic E-state index is 0.0964. The molecule has 0 fully saturated rings. The summed E-state index contributed by atoms with van der Waals surface area (Å²) in [6.45, 7) is 1.72. The largest absolute Gasteiger partial charge is 0.396 e. The van der Waals surface area contributed by atoms with E-state index in [2.05, 4.69) is 23.7 Å². The molecule has 0 bridgehead atoms. The predicted octanol–water partition coefficient (Wildman–Crippen LogP) is -0.493. The van der Waals surface area contributed by atoms with E-state index in [9.17, 15) is 0 Å². The minimum atomic E-state index is -0.835. The van der Waals surface area contributed by atoms with Gasteiger partial charge in [0.15, 0.2) is 0 Å². The van der Waals surface area contributed by atoms with Crippen LogP contribution in [-0.2, 0) is 0 Å². The van der Waals surface area contributed by atoms with Gasteiger partial charge in [-0.3, -0.25) is 0 Å². The van der Waals surface area contributed by atoms with Gasteiger partial charge in [0.1, 0.15) is 12.2 Å². The van der Waals surface area contributed by atoms with Crippen molar-refractivity contribution in [2.24, 2.45) is 0 Å². The Morgan fingerprint density at radius 2 is 1.62 bits per heavy atom. The molecule has 0 amide bonds. The molecule has 0 rings (SSSR count). The molecule has 0 saturated heterocycles. The van der Waals surface area contributed by atoms with Crippen LogP contribution in [0.15, 0.2) is 0 Å². The second-order valence-corrected chi connectivity index (χ2v) is 2.49. The molecule has 0 heterocycles. The van der Waals surface area contributed by atoms with E-state index in [0.29, 0.717) is 6.42 Å². The summed E-state index contributed by atoms with van der Waals surface area (Å²) in [5.74, 6) is 9.74. The summed E-state index contributed by atoms with van der Waals surface area (Å²) in [6.07, 6.45) is -0.693. The molecule has 2 atom stereocenters. The van der Waals surface area contributed by atoms with Crippen molar-refractivity contribution in [3.05, 3.63) is 0 Å². The van der Waals surface area contributed by atoms with Gasteiger partial charge in [0.25, 0.3) is 0 Å². The fourth-order valence-electron chi connectivity index (χ4n) is 0.535. The molecular weight excluding hydrogens is 168 g/mol. The standard InChI is InChI=1S/C10H14O3/c1-2-9(12)5-3-4-6-10(13)7-8-11/h9-13H,2,7-8H2,1H3. The summed E-state index contributed by atoms with van der Waals surface area (Å²) in [6, 6.07) is 0. The number of rotatable bonds is 3. The normalized spacial score (nSPS) is 13.2. The topological polar surface area (TPSA) is 60.7 Å². The van der Waals surface area contributed by atoms with E-state index >= 15 is 0 Å². The maximum atomic E-state index is 9.01. The van der Waals surface area contributed by atoms with Gasteiger partial charge in [-0.15, -0.1) is 0 Å². The van der Waals surface area contributed by atoms with E-state index in [1.54, 1.807) is 0 Å².